The van der Waals surface area contributed by atoms with E-state index in [-0.39, 0.29) is 18.4 Å². The molecule has 1 atom stereocenters. The predicted molar refractivity (Wildman–Crippen MR) is 114 cm³/mol. The Morgan fingerprint density at radius 3 is 2.69 bits per heavy atom. The molecule has 4 rings (SSSR count). The van der Waals surface area contributed by atoms with Gasteiger partial charge in [0.05, 0.1) is 31.0 Å². The number of H-pyrrole nitrogens is 1. The zero-order chi connectivity index (χ0) is 20.5. The normalized spacial score (nSPS) is 16.4. The molecule has 2 aromatic heterocycles. The second-order valence-electron chi connectivity index (χ2n) is 7.37. The van der Waals surface area contributed by atoms with Crippen LogP contribution in [-0.4, -0.2) is 41.8 Å². The second kappa shape index (κ2) is 7.97. The summed E-state index contributed by atoms with van der Waals surface area (Å²) in [6, 6.07) is 12.6. The minimum atomic E-state index is -0.418. The van der Waals surface area contributed by atoms with Gasteiger partial charge >= 0.3 is 5.97 Å². The van der Waals surface area contributed by atoms with Crippen LogP contribution in [0.1, 0.15) is 54.1 Å². The number of ether oxygens (including phenoxy) is 1. The largest absolute Gasteiger partial charge is 0.465 e. The molecule has 0 amide bonds. The molecule has 0 spiro atoms. The van der Waals surface area contributed by atoms with Crippen molar-refractivity contribution in [2.24, 2.45) is 0 Å². The number of thiophene rings is 1. The van der Waals surface area contributed by atoms with E-state index in [9.17, 15) is 9.59 Å². The van der Waals surface area contributed by atoms with E-state index in [1.54, 1.807) is 25.2 Å². The van der Waals surface area contributed by atoms with Crippen LogP contribution in [0.15, 0.2) is 41.8 Å². The molecule has 29 heavy (non-hydrogen) atoms. The van der Waals surface area contributed by atoms with Crippen molar-refractivity contribution in [3.63, 3.8) is 0 Å². The van der Waals surface area contributed by atoms with Gasteiger partial charge < -0.3 is 9.72 Å². The van der Waals surface area contributed by atoms with Crippen LogP contribution in [0.2, 0.25) is 0 Å². The Morgan fingerprint density at radius 1 is 1.21 bits per heavy atom. The standard InChI is InChI=1S/C23H24N2O3S/c1-14-20(23(27)28-3)15(2)24-21(14)18(26)13-25-11-9-19-17(10-12-29-19)22(25)16-7-5-4-6-8-16/h4-8,10,12,22,24H,9,11,13H2,1-3H3/t22-/m1/s1. The van der Waals surface area contributed by atoms with Crippen LogP contribution in [0, 0.1) is 13.8 Å². The summed E-state index contributed by atoms with van der Waals surface area (Å²) >= 11 is 1.79. The van der Waals surface area contributed by atoms with Gasteiger partial charge in [0.2, 0.25) is 0 Å². The summed E-state index contributed by atoms with van der Waals surface area (Å²) in [5.74, 6) is -0.432. The van der Waals surface area contributed by atoms with E-state index in [2.05, 4.69) is 33.5 Å². The van der Waals surface area contributed by atoms with Crippen molar-refractivity contribution >= 4 is 23.1 Å². The van der Waals surface area contributed by atoms with Crippen LogP contribution in [-0.2, 0) is 11.2 Å². The van der Waals surface area contributed by atoms with E-state index in [1.165, 1.54) is 23.1 Å². The highest BCUT2D eigenvalue weighted by atomic mass is 32.1. The van der Waals surface area contributed by atoms with Gasteiger partial charge in [-0.05, 0) is 48.4 Å². The van der Waals surface area contributed by atoms with Gasteiger partial charge in [0.1, 0.15) is 0 Å². The van der Waals surface area contributed by atoms with Gasteiger partial charge in [-0.25, -0.2) is 4.79 Å². The molecule has 0 unspecified atom stereocenters. The molecule has 3 aromatic rings. The van der Waals surface area contributed by atoms with E-state index in [0.29, 0.717) is 22.5 Å². The molecule has 3 heterocycles. The number of esters is 1. The van der Waals surface area contributed by atoms with E-state index < -0.39 is 5.97 Å². The molecular formula is C23H24N2O3S. The lowest BCUT2D eigenvalue weighted by molar-refractivity contribution is 0.0599. The molecule has 1 aliphatic heterocycles. The highest BCUT2D eigenvalue weighted by molar-refractivity contribution is 7.10. The Morgan fingerprint density at radius 2 is 1.97 bits per heavy atom. The molecule has 0 saturated carbocycles. The summed E-state index contributed by atoms with van der Waals surface area (Å²) in [4.78, 5) is 32.0. The maximum Gasteiger partial charge on any atom is 0.339 e. The van der Waals surface area contributed by atoms with Crippen LogP contribution in [0.5, 0.6) is 0 Å². The number of rotatable bonds is 5. The number of hydrogen-bond donors (Lipinski definition) is 1. The van der Waals surface area contributed by atoms with Crippen LogP contribution in [0.25, 0.3) is 0 Å². The smallest absolute Gasteiger partial charge is 0.339 e. The molecule has 1 aromatic carbocycles. The first kappa shape index (κ1) is 19.6. The summed E-state index contributed by atoms with van der Waals surface area (Å²) < 4.78 is 4.87. The van der Waals surface area contributed by atoms with Gasteiger partial charge in [0.25, 0.3) is 0 Å². The average Bonchev–Trinajstić information content (AvgIpc) is 3.32. The van der Waals surface area contributed by atoms with E-state index in [4.69, 9.17) is 4.74 Å². The van der Waals surface area contributed by atoms with Crippen molar-refractivity contribution in [1.29, 1.82) is 0 Å². The number of ketones is 1. The number of nitrogens with one attached hydrogen (secondary N) is 1. The fourth-order valence-corrected chi connectivity index (χ4v) is 5.17. The third-order valence-electron chi connectivity index (χ3n) is 5.63. The van der Waals surface area contributed by atoms with Gasteiger partial charge in [-0.15, -0.1) is 11.3 Å². The number of nitrogens with zero attached hydrogens (tertiary/aromatic N) is 1. The summed E-state index contributed by atoms with van der Waals surface area (Å²) in [6.07, 6.45) is 0.944. The summed E-state index contributed by atoms with van der Waals surface area (Å²) in [5, 5.41) is 2.13. The summed E-state index contributed by atoms with van der Waals surface area (Å²) in [6.45, 7) is 4.70. The first-order chi connectivity index (χ1) is 14.0. The number of aryl methyl sites for hydroxylation is 1. The van der Waals surface area contributed by atoms with Gasteiger partial charge in [0, 0.05) is 17.1 Å². The maximum absolute atomic E-state index is 13.2. The van der Waals surface area contributed by atoms with Gasteiger partial charge in [-0.2, -0.15) is 0 Å². The number of hydrogen-bond acceptors (Lipinski definition) is 5. The number of Topliss-reactive ketones (excluding diaryl/α,β-unsaturated/α-hetero) is 1. The van der Waals surface area contributed by atoms with Crippen molar-refractivity contribution in [1.82, 2.24) is 9.88 Å². The van der Waals surface area contributed by atoms with Crippen molar-refractivity contribution in [3.05, 3.63) is 80.3 Å². The molecule has 1 aliphatic rings. The van der Waals surface area contributed by atoms with Gasteiger partial charge in [-0.3, -0.25) is 9.69 Å². The summed E-state index contributed by atoms with van der Waals surface area (Å²) in [5.41, 5.74) is 4.74. The summed E-state index contributed by atoms with van der Waals surface area (Å²) in [7, 11) is 1.35. The molecule has 6 heteroatoms. The molecule has 0 aliphatic carbocycles. The number of fused-ring (bicyclic) bond motifs is 1. The average molecular weight is 409 g/mol. The molecule has 0 saturated heterocycles. The van der Waals surface area contributed by atoms with Crippen molar-refractivity contribution in [2.45, 2.75) is 26.3 Å². The third kappa shape index (κ3) is 3.54. The van der Waals surface area contributed by atoms with Crippen molar-refractivity contribution in [2.75, 3.05) is 20.2 Å². The van der Waals surface area contributed by atoms with Crippen LogP contribution in [0.4, 0.5) is 0 Å². The fraction of sp³-hybridized carbons (Fsp3) is 0.304. The monoisotopic (exact) mass is 408 g/mol. The lowest BCUT2D eigenvalue weighted by Crippen LogP contribution is -2.39. The second-order valence-corrected chi connectivity index (χ2v) is 8.37. The first-order valence-corrected chi connectivity index (χ1v) is 10.5. The number of aromatic nitrogens is 1. The number of methoxy groups -OCH3 is 1. The topological polar surface area (TPSA) is 62.4 Å². The Balaban J connectivity index is 1.65. The van der Waals surface area contributed by atoms with Crippen LogP contribution in [0.3, 0.4) is 0 Å². The SMILES string of the molecule is COC(=O)c1c(C)[nH]c(C(=O)CN2CCc3sccc3[C@H]2c2ccccc2)c1C. The molecule has 0 bridgehead atoms. The maximum atomic E-state index is 13.2. The predicted octanol–water partition coefficient (Wildman–Crippen LogP) is 4.31. The minimum absolute atomic E-state index is 0.0136. The number of benzene rings is 1. The van der Waals surface area contributed by atoms with Crippen molar-refractivity contribution < 1.29 is 14.3 Å². The van der Waals surface area contributed by atoms with E-state index >= 15 is 0 Å². The highest BCUT2D eigenvalue weighted by Crippen LogP contribution is 2.37. The zero-order valence-electron chi connectivity index (χ0n) is 16.8. The Hall–Kier alpha value is -2.70. The van der Waals surface area contributed by atoms with Crippen LogP contribution >= 0.6 is 11.3 Å². The minimum Gasteiger partial charge on any atom is -0.465 e. The first-order valence-electron chi connectivity index (χ1n) is 9.67. The van der Waals surface area contributed by atoms with Crippen molar-refractivity contribution in [3.8, 4) is 0 Å². The quantitative estimate of drug-likeness (QED) is 0.505. The molecule has 1 N–H and O–H groups in total. The molecule has 150 valence electrons. The number of aromatic amines is 1. The molecular weight excluding hydrogens is 384 g/mol. The number of carbonyl (C=O) groups excluding carboxylic acids is 2. The van der Waals surface area contributed by atoms with Gasteiger partial charge in [0.15, 0.2) is 5.78 Å². The van der Waals surface area contributed by atoms with E-state index in [0.717, 1.165) is 13.0 Å². The third-order valence-corrected chi connectivity index (χ3v) is 6.63. The molecule has 0 fully saturated rings. The molecule has 0 radical (unpaired) electrons. The Kier molecular flexibility index (Phi) is 5.39. The lowest BCUT2D eigenvalue weighted by Gasteiger charge is -2.35. The zero-order valence-corrected chi connectivity index (χ0v) is 17.6. The van der Waals surface area contributed by atoms with E-state index in [1.807, 2.05) is 18.2 Å². The Bertz CT molecular complexity index is 1050. The highest BCUT2D eigenvalue weighted by Gasteiger charge is 2.32. The number of carbonyl (C=O) groups is 2. The lowest BCUT2D eigenvalue weighted by atomic mass is 9.93. The molecule has 5 nitrogen and oxygen atoms in total. The Labute approximate surface area is 174 Å². The fourth-order valence-electron chi connectivity index (χ4n) is 4.26. The van der Waals surface area contributed by atoms with Gasteiger partial charge in [-0.1, -0.05) is 30.3 Å². The van der Waals surface area contributed by atoms with Crippen LogP contribution < -0.4 is 0 Å².